The molecule has 0 spiro atoms. The number of carbonyl (C=O) groups excluding carboxylic acids is 4. The fraction of sp³-hybridized carbons (Fsp3) is 0.389. The Morgan fingerprint density at radius 3 is 2.67 bits per heavy atom. The summed E-state index contributed by atoms with van der Waals surface area (Å²) in [5.74, 6) is -3.01. The molecule has 0 radical (unpaired) electrons. The number of carbonyl (C=O) groups is 5. The third-order valence-corrected chi connectivity index (χ3v) is 4.47. The van der Waals surface area contributed by atoms with Gasteiger partial charge < -0.3 is 9.84 Å². The maximum atomic E-state index is 12.8. The number of carboxylic acids is 1. The third kappa shape index (κ3) is 3.67. The van der Waals surface area contributed by atoms with Crippen LogP contribution in [0.1, 0.15) is 52.8 Å². The predicted octanol–water partition coefficient (Wildman–Crippen LogP) is 0.722. The summed E-state index contributed by atoms with van der Waals surface area (Å²) in [7, 11) is 0. The molecule has 9 nitrogen and oxygen atoms in total. The van der Waals surface area contributed by atoms with Crippen molar-refractivity contribution in [2.75, 3.05) is 6.61 Å². The standard InChI is InChI=1S/C18H18N2O7/c21-13-8-7-11(16(24)19-13)20-17(25)10-4-3-5-12(15(10)18(20)26)27-9-2-1-6-14(22)23/h3-5,11H,1-2,6-9H2,(H,22,23)(H,19,21,24). The molecule has 0 aromatic heterocycles. The van der Waals surface area contributed by atoms with Crippen LogP contribution in [-0.2, 0) is 14.4 Å². The molecule has 2 heterocycles. The van der Waals surface area contributed by atoms with Gasteiger partial charge in [-0.15, -0.1) is 0 Å². The van der Waals surface area contributed by atoms with E-state index >= 15 is 0 Å². The number of imide groups is 2. The van der Waals surface area contributed by atoms with E-state index in [1.807, 2.05) is 0 Å². The first-order valence-corrected chi connectivity index (χ1v) is 8.59. The smallest absolute Gasteiger partial charge is 0.303 e. The van der Waals surface area contributed by atoms with Crippen LogP contribution in [0.15, 0.2) is 18.2 Å². The molecule has 2 aliphatic heterocycles. The molecule has 1 unspecified atom stereocenters. The molecule has 142 valence electrons. The number of nitrogens with zero attached hydrogens (tertiary/aromatic N) is 1. The van der Waals surface area contributed by atoms with Crippen LogP contribution >= 0.6 is 0 Å². The first-order chi connectivity index (χ1) is 12.9. The predicted molar refractivity (Wildman–Crippen MR) is 90.1 cm³/mol. The van der Waals surface area contributed by atoms with Crippen LogP contribution in [-0.4, -0.2) is 52.3 Å². The molecule has 4 amide bonds. The van der Waals surface area contributed by atoms with Gasteiger partial charge >= 0.3 is 5.97 Å². The Labute approximate surface area is 154 Å². The van der Waals surface area contributed by atoms with E-state index in [4.69, 9.17) is 9.84 Å². The Bertz CT molecular complexity index is 833. The average Bonchev–Trinajstić information content (AvgIpc) is 2.87. The van der Waals surface area contributed by atoms with E-state index in [2.05, 4.69) is 5.32 Å². The molecule has 3 rings (SSSR count). The van der Waals surface area contributed by atoms with Gasteiger partial charge in [-0.3, -0.25) is 34.2 Å². The van der Waals surface area contributed by atoms with Crippen molar-refractivity contribution in [2.45, 2.75) is 38.1 Å². The minimum atomic E-state index is -1.03. The largest absolute Gasteiger partial charge is 0.493 e. The summed E-state index contributed by atoms with van der Waals surface area (Å²) in [6.07, 6.45) is 1.07. The summed E-state index contributed by atoms with van der Waals surface area (Å²) in [6.45, 7) is 0.198. The van der Waals surface area contributed by atoms with E-state index in [0.717, 1.165) is 4.90 Å². The topological polar surface area (TPSA) is 130 Å². The van der Waals surface area contributed by atoms with Crippen molar-refractivity contribution in [1.29, 1.82) is 0 Å². The van der Waals surface area contributed by atoms with Gasteiger partial charge in [-0.05, 0) is 31.4 Å². The van der Waals surface area contributed by atoms with E-state index in [9.17, 15) is 24.0 Å². The highest BCUT2D eigenvalue weighted by Crippen LogP contribution is 2.33. The van der Waals surface area contributed by atoms with Crippen molar-refractivity contribution in [3.8, 4) is 5.75 Å². The van der Waals surface area contributed by atoms with Crippen molar-refractivity contribution in [3.63, 3.8) is 0 Å². The fourth-order valence-electron chi connectivity index (χ4n) is 3.16. The van der Waals surface area contributed by atoms with Gasteiger partial charge in [-0.25, -0.2) is 0 Å². The quantitative estimate of drug-likeness (QED) is 0.531. The minimum Gasteiger partial charge on any atom is -0.493 e. The lowest BCUT2D eigenvalue weighted by Gasteiger charge is -2.27. The lowest BCUT2D eigenvalue weighted by atomic mass is 10.0. The van der Waals surface area contributed by atoms with Crippen LogP contribution in [0.3, 0.4) is 0 Å². The third-order valence-electron chi connectivity index (χ3n) is 4.47. The van der Waals surface area contributed by atoms with Crippen molar-refractivity contribution in [1.82, 2.24) is 10.2 Å². The fourth-order valence-corrected chi connectivity index (χ4v) is 3.16. The lowest BCUT2D eigenvalue weighted by molar-refractivity contribution is -0.138. The van der Waals surface area contributed by atoms with Gasteiger partial charge in [0.25, 0.3) is 11.8 Å². The number of unbranched alkanes of at least 4 members (excludes halogenated alkanes) is 1. The molecule has 0 aliphatic carbocycles. The zero-order valence-corrected chi connectivity index (χ0v) is 14.4. The number of fused-ring (bicyclic) bond motifs is 1. The normalized spacial score (nSPS) is 19.1. The molecule has 1 aromatic carbocycles. The number of amides is 4. The van der Waals surface area contributed by atoms with Gasteiger partial charge in [0.1, 0.15) is 11.8 Å². The Kier molecular flexibility index (Phi) is 5.20. The maximum Gasteiger partial charge on any atom is 0.303 e. The number of hydrogen-bond donors (Lipinski definition) is 2. The van der Waals surface area contributed by atoms with Crippen molar-refractivity contribution >= 4 is 29.6 Å². The number of piperidine rings is 1. The second kappa shape index (κ2) is 7.56. The van der Waals surface area contributed by atoms with E-state index < -0.39 is 35.6 Å². The second-order valence-corrected chi connectivity index (χ2v) is 6.33. The Balaban J connectivity index is 1.75. The number of ether oxygens (including phenoxy) is 1. The summed E-state index contributed by atoms with van der Waals surface area (Å²) >= 11 is 0. The number of aliphatic carboxylic acids is 1. The molecular weight excluding hydrogens is 356 g/mol. The first-order valence-electron chi connectivity index (χ1n) is 8.59. The monoisotopic (exact) mass is 374 g/mol. The molecule has 1 fully saturated rings. The van der Waals surface area contributed by atoms with E-state index in [0.29, 0.717) is 12.8 Å². The summed E-state index contributed by atoms with van der Waals surface area (Å²) in [6, 6.07) is 3.58. The van der Waals surface area contributed by atoms with Crippen molar-refractivity contribution < 1.29 is 33.8 Å². The number of rotatable bonds is 7. The van der Waals surface area contributed by atoms with Crippen LogP contribution in [0.5, 0.6) is 5.75 Å². The van der Waals surface area contributed by atoms with E-state index in [-0.39, 0.29) is 42.7 Å². The molecule has 2 aliphatic rings. The van der Waals surface area contributed by atoms with Crippen LogP contribution < -0.4 is 10.1 Å². The van der Waals surface area contributed by atoms with Gasteiger partial charge in [0, 0.05) is 12.8 Å². The Hall–Kier alpha value is -3.23. The number of nitrogens with one attached hydrogen (secondary N) is 1. The highest BCUT2D eigenvalue weighted by Gasteiger charge is 2.45. The maximum absolute atomic E-state index is 12.8. The summed E-state index contributed by atoms with van der Waals surface area (Å²) in [4.78, 5) is 60.2. The minimum absolute atomic E-state index is 0.0248. The van der Waals surface area contributed by atoms with Crippen molar-refractivity contribution in [2.24, 2.45) is 0 Å². The van der Waals surface area contributed by atoms with Gasteiger partial charge in [-0.2, -0.15) is 0 Å². The van der Waals surface area contributed by atoms with Gasteiger partial charge in [0.05, 0.1) is 17.7 Å². The zero-order chi connectivity index (χ0) is 19.6. The molecule has 1 saturated heterocycles. The highest BCUT2D eigenvalue weighted by molar-refractivity contribution is 6.24. The van der Waals surface area contributed by atoms with Crippen LogP contribution in [0.4, 0.5) is 0 Å². The SMILES string of the molecule is O=C(O)CCCCOc1cccc2c1C(=O)N(C1CCC(=O)NC1=O)C2=O. The number of carboxylic acid groups (broad SMARTS) is 1. The summed E-state index contributed by atoms with van der Waals surface area (Å²) < 4.78 is 5.58. The van der Waals surface area contributed by atoms with Gasteiger partial charge in [0.15, 0.2) is 0 Å². The van der Waals surface area contributed by atoms with Crippen molar-refractivity contribution in [3.05, 3.63) is 29.3 Å². The van der Waals surface area contributed by atoms with E-state index in [1.54, 1.807) is 12.1 Å². The van der Waals surface area contributed by atoms with Gasteiger partial charge in [0.2, 0.25) is 11.8 Å². The Morgan fingerprint density at radius 2 is 1.96 bits per heavy atom. The van der Waals surface area contributed by atoms with Crippen LogP contribution in [0.2, 0.25) is 0 Å². The van der Waals surface area contributed by atoms with Crippen LogP contribution in [0, 0.1) is 0 Å². The molecule has 27 heavy (non-hydrogen) atoms. The lowest BCUT2D eigenvalue weighted by Crippen LogP contribution is -2.54. The molecule has 1 aromatic rings. The number of hydrogen-bond acceptors (Lipinski definition) is 6. The highest BCUT2D eigenvalue weighted by atomic mass is 16.5. The summed E-state index contributed by atoms with van der Waals surface area (Å²) in [5, 5.41) is 10.8. The number of benzene rings is 1. The molecule has 9 heteroatoms. The molecule has 0 saturated carbocycles. The van der Waals surface area contributed by atoms with Gasteiger partial charge in [-0.1, -0.05) is 6.07 Å². The average molecular weight is 374 g/mol. The van der Waals surface area contributed by atoms with Crippen LogP contribution in [0.25, 0.3) is 0 Å². The molecular formula is C18H18N2O7. The second-order valence-electron chi connectivity index (χ2n) is 6.33. The first kappa shape index (κ1) is 18.6. The molecule has 1 atom stereocenters. The molecule has 0 bridgehead atoms. The Morgan fingerprint density at radius 1 is 1.19 bits per heavy atom. The summed E-state index contributed by atoms with van der Waals surface area (Å²) in [5.41, 5.74) is 0.234. The zero-order valence-electron chi connectivity index (χ0n) is 14.4. The molecule has 2 N–H and O–H groups in total. The van der Waals surface area contributed by atoms with E-state index in [1.165, 1.54) is 6.07 Å².